The topological polar surface area (TPSA) is 168 Å². The van der Waals surface area contributed by atoms with Crippen LogP contribution in [0.1, 0.15) is 33.9 Å². The van der Waals surface area contributed by atoms with Gasteiger partial charge in [0.15, 0.2) is 17.2 Å². The molecule has 2 aromatic rings. The Bertz CT molecular complexity index is 1350. The normalized spacial score (nSPS) is 25.2. The maximum absolute atomic E-state index is 13.6. The zero-order valence-corrected chi connectivity index (χ0v) is 22.5. The summed E-state index contributed by atoms with van der Waals surface area (Å²) in [5.41, 5.74) is -1.81. The number of nitrogens with one attached hydrogen (secondary N) is 1. The predicted octanol–water partition coefficient (Wildman–Crippen LogP) is 1.75. The molecule has 1 aliphatic heterocycles. The number of H-pyrrole nitrogens is 1. The van der Waals surface area contributed by atoms with Crippen molar-refractivity contribution in [3.05, 3.63) is 57.6 Å². The van der Waals surface area contributed by atoms with Gasteiger partial charge in [0, 0.05) is 0 Å². The van der Waals surface area contributed by atoms with Gasteiger partial charge in [-0.1, -0.05) is 35.7 Å². The van der Waals surface area contributed by atoms with Crippen LogP contribution < -0.4 is 15.9 Å². The van der Waals surface area contributed by atoms with Gasteiger partial charge in [0.2, 0.25) is 0 Å². The highest BCUT2D eigenvalue weighted by molar-refractivity contribution is 7.49. The second-order valence-electron chi connectivity index (χ2n) is 8.38. The number of para-hydroxylation sites is 1. The van der Waals surface area contributed by atoms with Gasteiger partial charge in [0.1, 0.15) is 24.3 Å². The third-order valence-corrected chi connectivity index (χ3v) is 7.07. The van der Waals surface area contributed by atoms with Crippen LogP contribution in [0, 0.1) is 11.8 Å². The highest BCUT2D eigenvalue weighted by atomic mass is 35.5. The van der Waals surface area contributed by atoms with Crippen LogP contribution in [0.4, 0.5) is 0 Å². The number of hydrogen-bond acceptors (Lipinski definition) is 11. The molecule has 0 bridgehead atoms. The first-order chi connectivity index (χ1) is 17.9. The number of aromatic nitrogens is 3. The Hall–Kier alpha value is -2.98. The van der Waals surface area contributed by atoms with Gasteiger partial charge >= 0.3 is 25.2 Å². The molecule has 1 saturated heterocycles. The molecular weight excluding hydrogens is 545 g/mol. The molecule has 6 atom stereocenters. The highest BCUT2D eigenvalue weighted by Gasteiger charge is 2.56. The van der Waals surface area contributed by atoms with Crippen molar-refractivity contribution in [1.82, 2.24) is 14.5 Å². The minimum Gasteiger partial charge on any atom is -0.461 e. The lowest BCUT2D eigenvalue weighted by molar-refractivity contribution is -0.156. The molecule has 1 unspecified atom stereocenters. The predicted molar refractivity (Wildman–Crippen MR) is 133 cm³/mol. The average Bonchev–Trinajstić information content (AvgIpc) is 3.08. The molecule has 1 aromatic carbocycles. The van der Waals surface area contributed by atoms with E-state index in [0.29, 0.717) is 0 Å². The Morgan fingerprint density at radius 1 is 1.32 bits per heavy atom. The first-order valence-electron chi connectivity index (χ1n) is 11.4. The molecule has 38 heavy (non-hydrogen) atoms. The van der Waals surface area contributed by atoms with Crippen LogP contribution in [0.25, 0.3) is 0 Å². The zero-order chi connectivity index (χ0) is 28.1. The molecule has 0 spiro atoms. The number of nitrogens with zero attached hydrogens (tertiary/aromatic N) is 2. The molecule has 1 aromatic heterocycles. The van der Waals surface area contributed by atoms with E-state index in [2.05, 4.69) is 16.8 Å². The van der Waals surface area contributed by atoms with E-state index in [1.54, 1.807) is 32.0 Å². The SMILES string of the molecule is CC#CC1(Cl)[C@@H](O)[C@@H](CO[P@](=O)(Oc2ccccc2)O[C@@H](C)C(=O)OC(C)C)O[C@H]1n1cnc(=O)[nH]c1=O. The van der Waals surface area contributed by atoms with Crippen molar-refractivity contribution in [2.75, 3.05) is 6.61 Å². The number of rotatable bonds is 10. The molecule has 15 heteroatoms. The Labute approximate surface area is 222 Å². The highest BCUT2D eigenvalue weighted by Crippen LogP contribution is 2.52. The van der Waals surface area contributed by atoms with Gasteiger partial charge in [-0.2, -0.15) is 4.98 Å². The number of carbonyl (C=O) groups is 1. The van der Waals surface area contributed by atoms with Gasteiger partial charge in [0.25, 0.3) is 0 Å². The van der Waals surface area contributed by atoms with Gasteiger partial charge in [-0.3, -0.25) is 18.6 Å². The second kappa shape index (κ2) is 12.3. The van der Waals surface area contributed by atoms with Crippen LogP contribution in [-0.2, 0) is 27.9 Å². The summed E-state index contributed by atoms with van der Waals surface area (Å²) < 4.78 is 41.6. The largest absolute Gasteiger partial charge is 0.530 e. The third kappa shape index (κ3) is 6.91. The van der Waals surface area contributed by atoms with Crippen LogP contribution in [0.5, 0.6) is 5.75 Å². The Morgan fingerprint density at radius 2 is 2.00 bits per heavy atom. The minimum atomic E-state index is -4.54. The molecule has 0 aliphatic carbocycles. The molecule has 206 valence electrons. The molecule has 1 aliphatic rings. The molecule has 3 rings (SSSR count). The second-order valence-corrected chi connectivity index (χ2v) is 10.6. The lowest BCUT2D eigenvalue weighted by Gasteiger charge is -2.25. The molecule has 0 saturated carbocycles. The number of phosphoric ester groups is 1. The molecule has 13 nitrogen and oxygen atoms in total. The van der Waals surface area contributed by atoms with Gasteiger partial charge in [-0.05, 0) is 39.8 Å². The van der Waals surface area contributed by atoms with Gasteiger partial charge in [-0.25, -0.2) is 18.9 Å². The average molecular weight is 572 g/mol. The molecule has 0 radical (unpaired) electrons. The monoisotopic (exact) mass is 571 g/mol. The fraction of sp³-hybridized carbons (Fsp3) is 0.478. The summed E-state index contributed by atoms with van der Waals surface area (Å²) in [6, 6.07) is 7.91. The first-order valence-corrected chi connectivity index (χ1v) is 13.2. The summed E-state index contributed by atoms with van der Waals surface area (Å²) in [6.07, 6.45) is -5.24. The minimum absolute atomic E-state index is 0.112. The number of alkyl halides is 1. The van der Waals surface area contributed by atoms with Gasteiger partial charge < -0.3 is 19.1 Å². The van der Waals surface area contributed by atoms with Crippen molar-refractivity contribution in [1.29, 1.82) is 0 Å². The van der Waals surface area contributed by atoms with Crippen molar-refractivity contribution in [3.8, 4) is 17.6 Å². The maximum atomic E-state index is 13.6. The fourth-order valence-corrected chi connectivity index (χ4v) is 5.15. The van der Waals surface area contributed by atoms with Crippen LogP contribution in [0.15, 0.2) is 46.2 Å². The van der Waals surface area contributed by atoms with E-state index in [4.69, 9.17) is 34.6 Å². The number of benzene rings is 1. The van der Waals surface area contributed by atoms with Crippen molar-refractivity contribution < 1.29 is 37.5 Å². The van der Waals surface area contributed by atoms with E-state index in [1.807, 2.05) is 4.98 Å². The number of aliphatic hydroxyl groups is 1. The molecule has 2 N–H and O–H groups in total. The van der Waals surface area contributed by atoms with E-state index in [9.17, 15) is 24.1 Å². The van der Waals surface area contributed by atoms with E-state index < -0.39 is 67.3 Å². The van der Waals surface area contributed by atoms with Crippen LogP contribution in [-0.4, -0.2) is 61.5 Å². The number of hydrogen-bond donors (Lipinski definition) is 2. The van der Waals surface area contributed by atoms with E-state index >= 15 is 0 Å². The van der Waals surface area contributed by atoms with E-state index in [0.717, 1.165) is 10.9 Å². The molecule has 0 amide bonds. The summed E-state index contributed by atoms with van der Waals surface area (Å²) >= 11 is 6.61. The smallest absolute Gasteiger partial charge is 0.461 e. The van der Waals surface area contributed by atoms with Crippen molar-refractivity contribution in [3.63, 3.8) is 0 Å². The van der Waals surface area contributed by atoms with Crippen LogP contribution >= 0.6 is 19.4 Å². The maximum Gasteiger partial charge on any atom is 0.530 e. The number of ether oxygens (including phenoxy) is 2. The zero-order valence-electron chi connectivity index (χ0n) is 20.9. The van der Waals surface area contributed by atoms with Crippen molar-refractivity contribution in [2.45, 2.75) is 63.2 Å². The number of aliphatic hydroxyl groups excluding tert-OH is 1. The van der Waals surface area contributed by atoms with Crippen LogP contribution in [0.3, 0.4) is 0 Å². The summed E-state index contributed by atoms with van der Waals surface area (Å²) in [6.45, 7) is 5.41. The first kappa shape index (κ1) is 29.6. The standard InChI is InChI=1S/C23H27ClN3O10P/c1-5-11-23(24)18(28)17(35-20(23)27-13-25-21(30)26-22(27)31)12-33-38(32,37-16-9-7-6-8-10-16)36-15(4)19(29)34-14(2)3/h6-10,13-15,17-18,20,28H,12H2,1-4H3,(H,26,30,31)/t15-,17+,18-,20+,23?,38-/m0/s1. The summed E-state index contributed by atoms with van der Waals surface area (Å²) in [4.78, 5) is 39.6. The third-order valence-electron chi connectivity index (χ3n) is 5.09. The number of esters is 1. The summed E-state index contributed by atoms with van der Waals surface area (Å²) in [5, 5.41) is 11.0. The lowest BCUT2D eigenvalue weighted by Crippen LogP contribution is -2.44. The Balaban J connectivity index is 1.86. The van der Waals surface area contributed by atoms with Crippen molar-refractivity contribution >= 4 is 25.4 Å². The van der Waals surface area contributed by atoms with Crippen LogP contribution in [0.2, 0.25) is 0 Å². The van der Waals surface area contributed by atoms with E-state index in [1.165, 1.54) is 26.0 Å². The Morgan fingerprint density at radius 3 is 2.61 bits per heavy atom. The number of aromatic amines is 1. The van der Waals surface area contributed by atoms with Gasteiger partial charge in [0.05, 0.1) is 12.7 Å². The summed E-state index contributed by atoms with van der Waals surface area (Å²) in [7, 11) is -4.54. The molecular formula is C23H27ClN3O10P. The Kier molecular flexibility index (Phi) is 9.54. The quantitative estimate of drug-likeness (QED) is 0.184. The number of carbonyl (C=O) groups excluding carboxylic acids is 1. The molecule has 1 fully saturated rings. The van der Waals surface area contributed by atoms with Crippen molar-refractivity contribution in [2.24, 2.45) is 0 Å². The van der Waals surface area contributed by atoms with Gasteiger partial charge in [-0.15, -0.1) is 5.92 Å². The molecule has 2 heterocycles. The lowest BCUT2D eigenvalue weighted by atomic mass is 9.99. The summed E-state index contributed by atoms with van der Waals surface area (Å²) in [5.74, 6) is 4.48. The fourth-order valence-electron chi connectivity index (χ4n) is 3.42. The van der Waals surface area contributed by atoms with E-state index in [-0.39, 0.29) is 5.75 Å². The number of phosphoric acid groups is 1. The number of halogens is 1.